The molecule has 0 aromatic carbocycles. The highest BCUT2D eigenvalue weighted by Gasteiger charge is 2.27. The molecule has 2 amide bonds. The Bertz CT molecular complexity index is 306. The lowest BCUT2D eigenvalue weighted by atomic mass is 10.3. The van der Waals surface area contributed by atoms with E-state index in [0.717, 1.165) is 24.3 Å². The number of carboxylic acids is 1. The largest absolute Gasteiger partial charge is 0.480 e. The van der Waals surface area contributed by atoms with Gasteiger partial charge < -0.3 is 15.3 Å². The number of thioether (sulfide) groups is 1. The van der Waals surface area contributed by atoms with Crippen LogP contribution in [-0.4, -0.2) is 53.1 Å². The van der Waals surface area contributed by atoms with Crippen LogP contribution in [0.25, 0.3) is 0 Å². The lowest BCUT2D eigenvalue weighted by Crippen LogP contribution is -2.44. The van der Waals surface area contributed by atoms with Crippen molar-refractivity contribution in [3.8, 4) is 0 Å². The summed E-state index contributed by atoms with van der Waals surface area (Å²) in [4.78, 5) is 23.9. The van der Waals surface area contributed by atoms with Gasteiger partial charge in [-0.1, -0.05) is 6.08 Å². The van der Waals surface area contributed by atoms with E-state index < -0.39 is 5.97 Å². The standard InChI is InChI=1S/C12H20N2O3S/c1-2-6-18-7-5-13-12(17)14(9-11(15)16)8-10-3-4-10/h2,10H,1,3-9H2,(H,13,17)(H,15,16). The van der Waals surface area contributed by atoms with Gasteiger partial charge in [0, 0.05) is 24.6 Å². The van der Waals surface area contributed by atoms with Crippen LogP contribution in [0.4, 0.5) is 4.79 Å². The summed E-state index contributed by atoms with van der Waals surface area (Å²) in [5.74, 6) is 1.19. The summed E-state index contributed by atoms with van der Waals surface area (Å²) < 4.78 is 0. The van der Waals surface area contributed by atoms with Crippen molar-refractivity contribution >= 4 is 23.8 Å². The number of nitrogens with zero attached hydrogens (tertiary/aromatic N) is 1. The van der Waals surface area contributed by atoms with Crippen molar-refractivity contribution in [3.05, 3.63) is 12.7 Å². The van der Waals surface area contributed by atoms with E-state index in [1.165, 1.54) is 4.90 Å². The van der Waals surface area contributed by atoms with Crippen LogP contribution in [0.5, 0.6) is 0 Å². The molecule has 1 saturated carbocycles. The zero-order chi connectivity index (χ0) is 13.4. The van der Waals surface area contributed by atoms with Gasteiger partial charge in [0.1, 0.15) is 6.54 Å². The van der Waals surface area contributed by atoms with Crippen LogP contribution in [0.1, 0.15) is 12.8 Å². The van der Waals surface area contributed by atoms with E-state index in [-0.39, 0.29) is 12.6 Å². The Balaban J connectivity index is 2.24. The SMILES string of the molecule is C=CCSCCNC(=O)N(CC(=O)O)CC1CC1. The molecule has 5 nitrogen and oxygen atoms in total. The number of carboxylic acid groups (broad SMARTS) is 1. The molecule has 6 heteroatoms. The highest BCUT2D eigenvalue weighted by molar-refractivity contribution is 7.99. The molecule has 18 heavy (non-hydrogen) atoms. The lowest BCUT2D eigenvalue weighted by Gasteiger charge is -2.20. The molecule has 102 valence electrons. The van der Waals surface area contributed by atoms with E-state index in [9.17, 15) is 9.59 Å². The highest BCUT2D eigenvalue weighted by atomic mass is 32.2. The molecule has 0 aromatic rings. The number of carbonyl (C=O) groups is 2. The molecule has 0 radical (unpaired) electrons. The molecular formula is C12H20N2O3S. The van der Waals surface area contributed by atoms with Crippen LogP contribution in [0, 0.1) is 5.92 Å². The molecule has 0 heterocycles. The minimum absolute atomic E-state index is 0.220. The van der Waals surface area contributed by atoms with Crippen molar-refractivity contribution in [2.75, 3.05) is 31.1 Å². The molecular weight excluding hydrogens is 252 g/mol. The second-order valence-electron chi connectivity index (χ2n) is 4.31. The van der Waals surface area contributed by atoms with Crippen LogP contribution in [0.2, 0.25) is 0 Å². The Labute approximate surface area is 112 Å². The molecule has 0 spiro atoms. The molecule has 0 aromatic heterocycles. The summed E-state index contributed by atoms with van der Waals surface area (Å²) >= 11 is 1.68. The van der Waals surface area contributed by atoms with Crippen molar-refractivity contribution in [1.82, 2.24) is 10.2 Å². The topological polar surface area (TPSA) is 69.6 Å². The molecule has 1 aliphatic carbocycles. The maximum absolute atomic E-state index is 11.8. The van der Waals surface area contributed by atoms with Crippen molar-refractivity contribution in [2.45, 2.75) is 12.8 Å². The highest BCUT2D eigenvalue weighted by Crippen LogP contribution is 2.29. The molecule has 1 rings (SSSR count). The summed E-state index contributed by atoms with van der Waals surface area (Å²) in [6, 6.07) is -0.275. The van der Waals surface area contributed by atoms with Crippen LogP contribution in [-0.2, 0) is 4.79 Å². The fourth-order valence-corrected chi connectivity index (χ4v) is 2.08. The molecule has 0 unspecified atom stereocenters. The molecule has 0 bridgehead atoms. The quantitative estimate of drug-likeness (QED) is 0.492. The van der Waals surface area contributed by atoms with Crippen LogP contribution >= 0.6 is 11.8 Å². The third-order valence-corrected chi connectivity index (χ3v) is 3.51. The van der Waals surface area contributed by atoms with E-state index in [1.54, 1.807) is 11.8 Å². The first-order valence-electron chi connectivity index (χ1n) is 6.06. The predicted octanol–water partition coefficient (Wildman–Crippen LogP) is 1.41. The van der Waals surface area contributed by atoms with Crippen LogP contribution < -0.4 is 5.32 Å². The zero-order valence-electron chi connectivity index (χ0n) is 10.4. The molecule has 0 saturated heterocycles. The second kappa shape index (κ2) is 8.02. The van der Waals surface area contributed by atoms with Crippen LogP contribution in [0.15, 0.2) is 12.7 Å². The Morgan fingerprint density at radius 1 is 1.50 bits per heavy atom. The minimum atomic E-state index is -0.966. The van der Waals surface area contributed by atoms with Crippen molar-refractivity contribution in [1.29, 1.82) is 0 Å². The van der Waals surface area contributed by atoms with Gasteiger partial charge in [-0.05, 0) is 18.8 Å². The second-order valence-corrected chi connectivity index (χ2v) is 5.46. The smallest absolute Gasteiger partial charge is 0.323 e. The third kappa shape index (κ3) is 6.54. The number of aliphatic carboxylic acids is 1. The molecule has 1 aliphatic rings. The molecule has 1 fully saturated rings. The monoisotopic (exact) mass is 272 g/mol. The Kier molecular flexibility index (Phi) is 6.64. The van der Waals surface area contributed by atoms with E-state index in [0.29, 0.717) is 19.0 Å². The number of carbonyl (C=O) groups excluding carboxylic acids is 1. The molecule has 0 aliphatic heterocycles. The summed E-state index contributed by atoms with van der Waals surface area (Å²) in [5.41, 5.74) is 0. The van der Waals surface area contributed by atoms with E-state index in [1.807, 2.05) is 6.08 Å². The van der Waals surface area contributed by atoms with Gasteiger partial charge >= 0.3 is 12.0 Å². The minimum Gasteiger partial charge on any atom is -0.480 e. The maximum atomic E-state index is 11.8. The van der Waals surface area contributed by atoms with Crippen LogP contribution in [0.3, 0.4) is 0 Å². The normalized spacial score (nSPS) is 14.0. The number of hydrogen-bond donors (Lipinski definition) is 2. The lowest BCUT2D eigenvalue weighted by molar-refractivity contribution is -0.137. The fourth-order valence-electron chi connectivity index (χ4n) is 1.50. The average molecular weight is 272 g/mol. The Morgan fingerprint density at radius 2 is 2.22 bits per heavy atom. The van der Waals surface area contributed by atoms with Gasteiger partial charge in [0.25, 0.3) is 0 Å². The Morgan fingerprint density at radius 3 is 2.78 bits per heavy atom. The average Bonchev–Trinajstić information content (AvgIpc) is 3.11. The maximum Gasteiger partial charge on any atom is 0.323 e. The first-order chi connectivity index (χ1) is 8.63. The number of nitrogens with one attached hydrogen (secondary N) is 1. The van der Waals surface area contributed by atoms with Crippen molar-refractivity contribution in [3.63, 3.8) is 0 Å². The van der Waals surface area contributed by atoms with Gasteiger partial charge in [0.15, 0.2) is 0 Å². The van der Waals surface area contributed by atoms with Crippen molar-refractivity contribution < 1.29 is 14.7 Å². The van der Waals surface area contributed by atoms with Gasteiger partial charge in [0.2, 0.25) is 0 Å². The summed E-state index contributed by atoms with van der Waals surface area (Å²) in [6.07, 6.45) is 4.01. The zero-order valence-corrected chi connectivity index (χ0v) is 11.2. The van der Waals surface area contributed by atoms with Crippen molar-refractivity contribution in [2.24, 2.45) is 5.92 Å². The van der Waals surface area contributed by atoms with E-state index in [2.05, 4.69) is 11.9 Å². The molecule has 0 atom stereocenters. The van der Waals surface area contributed by atoms with Gasteiger partial charge in [-0.15, -0.1) is 6.58 Å². The summed E-state index contributed by atoms with van der Waals surface area (Å²) in [6.45, 7) is 4.50. The van der Waals surface area contributed by atoms with Gasteiger partial charge in [-0.25, -0.2) is 4.79 Å². The molecule has 2 N–H and O–H groups in total. The first-order valence-corrected chi connectivity index (χ1v) is 7.22. The number of urea groups is 1. The third-order valence-electron chi connectivity index (χ3n) is 2.55. The predicted molar refractivity (Wildman–Crippen MR) is 72.9 cm³/mol. The number of hydrogen-bond acceptors (Lipinski definition) is 3. The number of amides is 2. The van der Waals surface area contributed by atoms with Gasteiger partial charge in [-0.2, -0.15) is 11.8 Å². The first kappa shape index (κ1) is 14.9. The summed E-state index contributed by atoms with van der Waals surface area (Å²) in [7, 11) is 0. The van der Waals surface area contributed by atoms with E-state index in [4.69, 9.17) is 5.11 Å². The fraction of sp³-hybridized carbons (Fsp3) is 0.667. The Hall–Kier alpha value is -1.17. The van der Waals surface area contributed by atoms with E-state index >= 15 is 0 Å². The number of rotatable bonds is 9. The summed E-state index contributed by atoms with van der Waals surface area (Å²) in [5, 5.41) is 11.5. The van der Waals surface area contributed by atoms with Gasteiger partial charge in [-0.3, -0.25) is 4.79 Å². The van der Waals surface area contributed by atoms with Gasteiger partial charge in [0.05, 0.1) is 0 Å².